The number of piperidine rings is 1. The highest BCUT2D eigenvalue weighted by Gasteiger charge is 2.48. The van der Waals surface area contributed by atoms with Crippen LogP contribution in [0.15, 0.2) is 48.5 Å². The zero-order chi connectivity index (χ0) is 16.7. The number of fused-ring (bicyclic) bond motifs is 2. The van der Waals surface area contributed by atoms with E-state index in [-0.39, 0.29) is 5.82 Å². The minimum Gasteiger partial charge on any atom is -0.385 e. The highest BCUT2D eigenvalue weighted by molar-refractivity contribution is 5.30. The molecule has 2 aromatic carbocycles. The van der Waals surface area contributed by atoms with Gasteiger partial charge in [-0.05, 0) is 61.4 Å². The van der Waals surface area contributed by atoms with Crippen molar-refractivity contribution in [3.63, 3.8) is 0 Å². The molecule has 0 spiro atoms. The van der Waals surface area contributed by atoms with E-state index in [1.54, 1.807) is 0 Å². The lowest BCUT2D eigenvalue weighted by Gasteiger charge is -2.44. The van der Waals surface area contributed by atoms with Crippen molar-refractivity contribution in [2.75, 3.05) is 0 Å². The van der Waals surface area contributed by atoms with E-state index >= 15 is 0 Å². The standard InChI is InChI=1S/C21H24FNO/c1-15-9-17(11-18(22)10-15)21(24)12-19-7-8-20(13-21)23(19)14-16-5-3-2-4-6-16/h2-6,9-11,19-20,24H,7-8,12-14H2,1H3. The van der Waals surface area contributed by atoms with E-state index < -0.39 is 5.60 Å². The Morgan fingerprint density at radius 3 is 2.38 bits per heavy atom. The fourth-order valence-electron chi connectivity index (χ4n) is 4.61. The number of rotatable bonds is 3. The van der Waals surface area contributed by atoms with Gasteiger partial charge in [0.1, 0.15) is 5.82 Å². The smallest absolute Gasteiger partial charge is 0.123 e. The molecular formula is C21H24FNO. The van der Waals surface area contributed by atoms with Gasteiger partial charge in [0.25, 0.3) is 0 Å². The van der Waals surface area contributed by atoms with E-state index in [0.717, 1.165) is 30.5 Å². The molecule has 0 aromatic heterocycles. The molecule has 0 saturated carbocycles. The van der Waals surface area contributed by atoms with E-state index in [2.05, 4.69) is 29.2 Å². The molecule has 2 nitrogen and oxygen atoms in total. The minimum atomic E-state index is -0.897. The van der Waals surface area contributed by atoms with Crippen LogP contribution < -0.4 is 0 Å². The Morgan fingerprint density at radius 2 is 1.75 bits per heavy atom. The molecule has 2 aliphatic heterocycles. The molecule has 0 radical (unpaired) electrons. The van der Waals surface area contributed by atoms with Crippen LogP contribution in [-0.2, 0) is 12.1 Å². The Bertz CT molecular complexity index is 696. The monoisotopic (exact) mass is 325 g/mol. The van der Waals surface area contributed by atoms with Crippen LogP contribution in [0.5, 0.6) is 0 Å². The Kier molecular flexibility index (Phi) is 3.93. The summed E-state index contributed by atoms with van der Waals surface area (Å²) in [7, 11) is 0. The Balaban J connectivity index is 1.57. The van der Waals surface area contributed by atoms with Gasteiger partial charge in [0.05, 0.1) is 5.60 Å². The van der Waals surface area contributed by atoms with E-state index in [9.17, 15) is 9.50 Å². The van der Waals surface area contributed by atoms with Crippen LogP contribution >= 0.6 is 0 Å². The summed E-state index contributed by atoms with van der Waals surface area (Å²) >= 11 is 0. The molecule has 0 aliphatic carbocycles. The molecule has 2 saturated heterocycles. The maximum Gasteiger partial charge on any atom is 0.123 e. The van der Waals surface area contributed by atoms with Crippen LogP contribution in [0.4, 0.5) is 4.39 Å². The molecule has 2 fully saturated rings. The van der Waals surface area contributed by atoms with Gasteiger partial charge in [-0.3, -0.25) is 4.90 Å². The third kappa shape index (κ3) is 2.87. The highest BCUT2D eigenvalue weighted by atomic mass is 19.1. The number of hydrogen-bond acceptors (Lipinski definition) is 2. The maximum absolute atomic E-state index is 13.8. The van der Waals surface area contributed by atoms with Crippen molar-refractivity contribution in [1.29, 1.82) is 0 Å². The summed E-state index contributed by atoms with van der Waals surface area (Å²) in [5, 5.41) is 11.3. The lowest BCUT2D eigenvalue weighted by atomic mass is 9.80. The fourth-order valence-corrected chi connectivity index (χ4v) is 4.61. The van der Waals surface area contributed by atoms with Crippen LogP contribution in [0.3, 0.4) is 0 Å². The summed E-state index contributed by atoms with van der Waals surface area (Å²) in [5.41, 5.74) is 2.04. The number of halogens is 1. The predicted molar refractivity (Wildman–Crippen MR) is 93.1 cm³/mol. The maximum atomic E-state index is 13.8. The zero-order valence-electron chi connectivity index (χ0n) is 14.1. The van der Waals surface area contributed by atoms with Crippen LogP contribution in [0.2, 0.25) is 0 Å². The summed E-state index contributed by atoms with van der Waals surface area (Å²) < 4.78 is 13.8. The molecular weight excluding hydrogens is 301 g/mol. The number of aryl methyl sites for hydroxylation is 1. The average Bonchev–Trinajstić information content (AvgIpc) is 2.79. The average molecular weight is 325 g/mol. The molecule has 126 valence electrons. The number of benzene rings is 2. The summed E-state index contributed by atoms with van der Waals surface area (Å²) in [6.07, 6.45) is 3.63. The second-order valence-electron chi connectivity index (χ2n) is 7.50. The number of hydrogen-bond donors (Lipinski definition) is 1. The molecule has 0 amide bonds. The molecule has 2 aliphatic rings. The number of nitrogens with zero attached hydrogens (tertiary/aromatic N) is 1. The molecule has 2 heterocycles. The third-order valence-electron chi connectivity index (χ3n) is 5.71. The van der Waals surface area contributed by atoms with Crippen molar-refractivity contribution in [2.24, 2.45) is 0 Å². The number of aliphatic hydroxyl groups is 1. The van der Waals surface area contributed by atoms with Crippen LogP contribution in [-0.4, -0.2) is 22.1 Å². The predicted octanol–water partition coefficient (Wildman–Crippen LogP) is 4.15. The highest BCUT2D eigenvalue weighted by Crippen LogP contribution is 2.46. The van der Waals surface area contributed by atoms with Gasteiger partial charge in [0.2, 0.25) is 0 Å². The molecule has 4 rings (SSSR count). The first-order chi connectivity index (χ1) is 11.5. The molecule has 2 aromatic rings. The van der Waals surface area contributed by atoms with Crippen molar-refractivity contribution in [2.45, 2.75) is 56.8 Å². The summed E-state index contributed by atoms with van der Waals surface area (Å²) in [5.74, 6) is -0.252. The van der Waals surface area contributed by atoms with Gasteiger partial charge in [0, 0.05) is 18.6 Å². The molecule has 3 heteroatoms. The Morgan fingerprint density at radius 1 is 1.08 bits per heavy atom. The van der Waals surface area contributed by atoms with Crippen molar-refractivity contribution < 1.29 is 9.50 Å². The minimum absolute atomic E-state index is 0.252. The summed E-state index contributed by atoms with van der Waals surface area (Å²) in [4.78, 5) is 2.54. The van der Waals surface area contributed by atoms with Gasteiger partial charge in [-0.15, -0.1) is 0 Å². The lowest BCUT2D eigenvalue weighted by molar-refractivity contribution is -0.0597. The SMILES string of the molecule is Cc1cc(F)cc(C2(O)CC3CCC(C2)N3Cc2ccccc2)c1. The van der Waals surface area contributed by atoms with Gasteiger partial charge in [-0.25, -0.2) is 4.39 Å². The van der Waals surface area contributed by atoms with Gasteiger partial charge < -0.3 is 5.11 Å². The zero-order valence-corrected chi connectivity index (χ0v) is 14.1. The van der Waals surface area contributed by atoms with Crippen LogP contribution in [0.1, 0.15) is 42.4 Å². The molecule has 2 unspecified atom stereocenters. The first-order valence-corrected chi connectivity index (χ1v) is 8.83. The molecule has 2 bridgehead atoms. The van der Waals surface area contributed by atoms with Gasteiger partial charge in [0.15, 0.2) is 0 Å². The molecule has 1 N–H and O–H groups in total. The first-order valence-electron chi connectivity index (χ1n) is 8.83. The van der Waals surface area contributed by atoms with Crippen molar-refractivity contribution in [1.82, 2.24) is 4.90 Å². The van der Waals surface area contributed by atoms with E-state index in [1.165, 1.54) is 17.7 Å². The van der Waals surface area contributed by atoms with Crippen molar-refractivity contribution in [3.05, 3.63) is 71.0 Å². The topological polar surface area (TPSA) is 23.5 Å². The van der Waals surface area contributed by atoms with Crippen LogP contribution in [0.25, 0.3) is 0 Å². The van der Waals surface area contributed by atoms with Crippen molar-refractivity contribution in [3.8, 4) is 0 Å². The Hall–Kier alpha value is -1.71. The van der Waals surface area contributed by atoms with Gasteiger partial charge in [-0.1, -0.05) is 36.4 Å². The quantitative estimate of drug-likeness (QED) is 0.916. The Labute approximate surface area is 142 Å². The van der Waals surface area contributed by atoms with Crippen LogP contribution in [0, 0.1) is 12.7 Å². The van der Waals surface area contributed by atoms with E-state index in [4.69, 9.17) is 0 Å². The van der Waals surface area contributed by atoms with E-state index in [1.807, 2.05) is 19.1 Å². The lowest BCUT2D eigenvalue weighted by Crippen LogP contribution is -2.49. The van der Waals surface area contributed by atoms with E-state index in [0.29, 0.717) is 24.9 Å². The van der Waals surface area contributed by atoms with Gasteiger partial charge >= 0.3 is 0 Å². The summed E-state index contributed by atoms with van der Waals surface area (Å²) in [6.45, 7) is 2.82. The third-order valence-corrected chi connectivity index (χ3v) is 5.71. The normalized spacial score (nSPS) is 29.8. The summed E-state index contributed by atoms with van der Waals surface area (Å²) in [6, 6.07) is 16.2. The molecule has 2 atom stereocenters. The largest absolute Gasteiger partial charge is 0.385 e. The first kappa shape index (κ1) is 15.8. The molecule has 24 heavy (non-hydrogen) atoms. The second kappa shape index (κ2) is 5.98. The van der Waals surface area contributed by atoms with Gasteiger partial charge in [-0.2, -0.15) is 0 Å². The van der Waals surface area contributed by atoms with Crippen molar-refractivity contribution >= 4 is 0 Å². The second-order valence-corrected chi connectivity index (χ2v) is 7.50. The fraction of sp³-hybridized carbons (Fsp3) is 0.429.